The second-order valence-corrected chi connectivity index (χ2v) is 3.09. The highest BCUT2D eigenvalue weighted by Crippen LogP contribution is 1.93. The summed E-state index contributed by atoms with van der Waals surface area (Å²) in [5, 5.41) is 9.32. The molecule has 2 nitrogen and oxygen atoms in total. The first kappa shape index (κ1) is 12.5. The quantitative estimate of drug-likeness (QED) is 0.653. The fourth-order valence-electron chi connectivity index (χ4n) is 1.07. The Morgan fingerprint density at radius 1 is 1.23 bits per heavy atom. The molecule has 0 radical (unpaired) electrons. The van der Waals surface area contributed by atoms with E-state index in [9.17, 15) is 5.11 Å². The smallest absolute Gasteiger partial charge is 0.114 e. The standard InChI is InChI=1S/C11H21NO/c1-4-8-11(13)9-7-10-12(5-2)6-3/h11,13H,4-6,8,10H2,1-3H3. The molecule has 0 rings (SSSR count). The topological polar surface area (TPSA) is 23.5 Å². The van der Waals surface area contributed by atoms with Crippen molar-refractivity contribution in [2.75, 3.05) is 19.6 Å². The lowest BCUT2D eigenvalue weighted by molar-refractivity contribution is 0.220. The fraction of sp³-hybridized carbons (Fsp3) is 0.818. The zero-order valence-electron chi connectivity index (χ0n) is 9.01. The van der Waals surface area contributed by atoms with E-state index in [4.69, 9.17) is 0 Å². The van der Waals surface area contributed by atoms with Crippen molar-refractivity contribution >= 4 is 0 Å². The van der Waals surface area contributed by atoms with Crippen molar-refractivity contribution in [3.63, 3.8) is 0 Å². The normalized spacial score (nSPS) is 12.4. The summed E-state index contributed by atoms with van der Waals surface area (Å²) in [7, 11) is 0. The Balaban J connectivity index is 3.69. The predicted molar refractivity (Wildman–Crippen MR) is 56.5 cm³/mol. The summed E-state index contributed by atoms with van der Waals surface area (Å²) in [5.41, 5.74) is 0. The molecule has 76 valence electrons. The van der Waals surface area contributed by atoms with E-state index < -0.39 is 6.10 Å². The third-order valence-electron chi connectivity index (χ3n) is 2.03. The molecule has 0 saturated heterocycles. The van der Waals surface area contributed by atoms with Crippen molar-refractivity contribution in [2.24, 2.45) is 0 Å². The summed E-state index contributed by atoms with van der Waals surface area (Å²) in [6.45, 7) is 9.11. The van der Waals surface area contributed by atoms with Gasteiger partial charge in [-0.25, -0.2) is 0 Å². The first-order chi connectivity index (χ1) is 6.24. The van der Waals surface area contributed by atoms with Gasteiger partial charge in [0.2, 0.25) is 0 Å². The van der Waals surface area contributed by atoms with E-state index >= 15 is 0 Å². The largest absolute Gasteiger partial charge is 0.380 e. The van der Waals surface area contributed by atoms with Gasteiger partial charge in [0.05, 0.1) is 6.54 Å². The van der Waals surface area contributed by atoms with Crippen LogP contribution in [0.15, 0.2) is 0 Å². The summed E-state index contributed by atoms with van der Waals surface area (Å²) in [6, 6.07) is 0. The highest BCUT2D eigenvalue weighted by atomic mass is 16.3. The van der Waals surface area contributed by atoms with Crippen molar-refractivity contribution in [1.82, 2.24) is 4.90 Å². The first-order valence-corrected chi connectivity index (χ1v) is 5.13. The minimum Gasteiger partial charge on any atom is -0.380 e. The Kier molecular flexibility index (Phi) is 7.77. The van der Waals surface area contributed by atoms with Gasteiger partial charge in [0.1, 0.15) is 6.10 Å². The molecule has 1 atom stereocenters. The van der Waals surface area contributed by atoms with E-state index in [2.05, 4.69) is 37.5 Å². The lowest BCUT2D eigenvalue weighted by Crippen LogP contribution is -2.23. The van der Waals surface area contributed by atoms with E-state index in [0.29, 0.717) is 0 Å². The van der Waals surface area contributed by atoms with E-state index in [1.165, 1.54) is 0 Å². The molecule has 0 fully saturated rings. The first-order valence-electron chi connectivity index (χ1n) is 5.13. The SMILES string of the molecule is CCCC(O)C#CCN(CC)CC. The Bertz CT molecular complexity index is 165. The average molecular weight is 183 g/mol. The third kappa shape index (κ3) is 6.62. The van der Waals surface area contributed by atoms with Crippen LogP contribution in [0.1, 0.15) is 33.6 Å². The van der Waals surface area contributed by atoms with Crippen LogP contribution in [-0.2, 0) is 0 Å². The Hall–Kier alpha value is -0.520. The van der Waals surface area contributed by atoms with Gasteiger partial charge < -0.3 is 5.11 Å². The fourth-order valence-corrected chi connectivity index (χ4v) is 1.07. The molecule has 0 heterocycles. The molecule has 0 aromatic carbocycles. The van der Waals surface area contributed by atoms with Gasteiger partial charge in [-0.05, 0) is 19.5 Å². The van der Waals surface area contributed by atoms with E-state index in [-0.39, 0.29) is 0 Å². The highest BCUT2D eigenvalue weighted by molar-refractivity contribution is 5.05. The Labute approximate surface area is 81.9 Å². The maximum Gasteiger partial charge on any atom is 0.114 e. The van der Waals surface area contributed by atoms with Crippen LogP contribution < -0.4 is 0 Å². The number of aliphatic hydroxyl groups excluding tert-OH is 1. The molecule has 0 aliphatic heterocycles. The van der Waals surface area contributed by atoms with Crippen molar-refractivity contribution in [3.05, 3.63) is 0 Å². The second-order valence-electron chi connectivity index (χ2n) is 3.09. The molecule has 0 saturated carbocycles. The molecule has 13 heavy (non-hydrogen) atoms. The van der Waals surface area contributed by atoms with Crippen LogP contribution in [-0.4, -0.2) is 35.7 Å². The van der Waals surface area contributed by atoms with Gasteiger partial charge in [-0.15, -0.1) is 0 Å². The summed E-state index contributed by atoms with van der Waals surface area (Å²) in [6.07, 6.45) is 1.34. The van der Waals surface area contributed by atoms with Gasteiger partial charge in [0.15, 0.2) is 0 Å². The number of hydrogen-bond acceptors (Lipinski definition) is 2. The minimum absolute atomic E-state index is 0.430. The monoisotopic (exact) mass is 183 g/mol. The molecular weight excluding hydrogens is 162 g/mol. The summed E-state index contributed by atoms with van der Waals surface area (Å²) >= 11 is 0. The van der Waals surface area contributed by atoms with E-state index in [1.54, 1.807) is 0 Å². The molecule has 0 aromatic rings. The maximum atomic E-state index is 9.32. The van der Waals surface area contributed by atoms with Gasteiger partial charge in [-0.3, -0.25) is 4.90 Å². The van der Waals surface area contributed by atoms with Gasteiger partial charge >= 0.3 is 0 Å². The zero-order chi connectivity index (χ0) is 10.1. The van der Waals surface area contributed by atoms with Crippen LogP contribution in [0.5, 0.6) is 0 Å². The van der Waals surface area contributed by atoms with Crippen LogP contribution in [0.4, 0.5) is 0 Å². The van der Waals surface area contributed by atoms with Gasteiger partial charge in [0, 0.05) is 0 Å². The lowest BCUT2D eigenvalue weighted by atomic mass is 10.2. The van der Waals surface area contributed by atoms with Crippen LogP contribution in [0, 0.1) is 11.8 Å². The van der Waals surface area contributed by atoms with Crippen molar-refractivity contribution in [2.45, 2.75) is 39.7 Å². The highest BCUT2D eigenvalue weighted by Gasteiger charge is 1.96. The third-order valence-corrected chi connectivity index (χ3v) is 2.03. The summed E-state index contributed by atoms with van der Waals surface area (Å²) in [5.74, 6) is 5.84. The van der Waals surface area contributed by atoms with Crippen LogP contribution in [0.25, 0.3) is 0 Å². The molecule has 0 aliphatic carbocycles. The molecule has 2 heteroatoms. The summed E-state index contributed by atoms with van der Waals surface area (Å²) < 4.78 is 0. The number of aliphatic hydroxyl groups is 1. The maximum absolute atomic E-state index is 9.32. The van der Waals surface area contributed by atoms with Crippen molar-refractivity contribution < 1.29 is 5.11 Å². The van der Waals surface area contributed by atoms with Gasteiger partial charge in [0.25, 0.3) is 0 Å². The second kappa shape index (κ2) is 8.10. The van der Waals surface area contributed by atoms with E-state index in [1.807, 2.05) is 0 Å². The molecule has 0 aromatic heterocycles. The molecule has 0 amide bonds. The predicted octanol–water partition coefficient (Wildman–Crippen LogP) is 1.49. The molecule has 0 aliphatic rings. The zero-order valence-corrected chi connectivity index (χ0v) is 9.01. The molecule has 1 N–H and O–H groups in total. The average Bonchev–Trinajstić information content (AvgIpc) is 2.13. The van der Waals surface area contributed by atoms with Gasteiger partial charge in [-0.1, -0.05) is 39.0 Å². The van der Waals surface area contributed by atoms with Crippen molar-refractivity contribution in [3.8, 4) is 11.8 Å². The summed E-state index contributed by atoms with van der Waals surface area (Å²) in [4.78, 5) is 2.23. The van der Waals surface area contributed by atoms with Gasteiger partial charge in [-0.2, -0.15) is 0 Å². The Morgan fingerprint density at radius 2 is 1.85 bits per heavy atom. The molecule has 0 spiro atoms. The number of hydrogen-bond donors (Lipinski definition) is 1. The molecular formula is C11H21NO. The minimum atomic E-state index is -0.430. The lowest BCUT2D eigenvalue weighted by Gasteiger charge is -2.13. The molecule has 1 unspecified atom stereocenters. The van der Waals surface area contributed by atoms with Crippen LogP contribution >= 0.6 is 0 Å². The van der Waals surface area contributed by atoms with Crippen molar-refractivity contribution in [1.29, 1.82) is 0 Å². The van der Waals surface area contributed by atoms with E-state index in [0.717, 1.165) is 32.5 Å². The number of rotatable bonds is 5. The Morgan fingerprint density at radius 3 is 2.31 bits per heavy atom. The number of nitrogens with zero attached hydrogens (tertiary/aromatic N) is 1. The van der Waals surface area contributed by atoms with Crippen LogP contribution in [0.2, 0.25) is 0 Å². The molecule has 0 bridgehead atoms. The van der Waals surface area contributed by atoms with Crippen LogP contribution in [0.3, 0.4) is 0 Å².